The molecule has 0 bridgehead atoms. The largest absolute Gasteiger partial charge is 0.327 e. The number of halogens is 1. The van der Waals surface area contributed by atoms with E-state index in [0.717, 1.165) is 36.2 Å². The maximum Gasteiger partial charge on any atom is 0.238 e. The van der Waals surface area contributed by atoms with Crippen molar-refractivity contribution in [3.63, 3.8) is 0 Å². The molecule has 0 saturated carbocycles. The van der Waals surface area contributed by atoms with Crippen LogP contribution in [-0.4, -0.2) is 36.0 Å². The number of carbonyl (C=O) groups excluding carboxylic acids is 1. The monoisotopic (exact) mass is 339 g/mol. The average Bonchev–Trinajstić information content (AvgIpc) is 2.43. The maximum atomic E-state index is 12.4. The minimum Gasteiger partial charge on any atom is -0.327 e. The van der Waals surface area contributed by atoms with E-state index in [4.69, 9.17) is 5.73 Å². The summed E-state index contributed by atoms with van der Waals surface area (Å²) in [5, 5.41) is 3.09. The quantitative estimate of drug-likeness (QED) is 0.885. The molecule has 1 aromatic carbocycles. The third-order valence-corrected chi connectivity index (χ3v) is 4.56. The molecule has 1 aliphatic rings. The standard InChI is InChI=1S/C18H29N3O.ClH/c1-12-9-13(2)18(14(3)10-12)20-17(22)11-21-8-6-5-7-16(21)15(4)19;/h9-10,15-16H,5-8,11,19H2,1-4H3,(H,20,22);1H. The Morgan fingerprint density at radius 2 is 1.91 bits per heavy atom. The highest BCUT2D eigenvalue weighted by Gasteiger charge is 2.27. The number of nitrogens with zero attached hydrogens (tertiary/aromatic N) is 1. The van der Waals surface area contributed by atoms with Gasteiger partial charge in [-0.3, -0.25) is 9.69 Å². The molecule has 2 unspecified atom stereocenters. The second kappa shape index (κ2) is 8.67. The summed E-state index contributed by atoms with van der Waals surface area (Å²) in [6.45, 7) is 9.59. The Labute approximate surface area is 146 Å². The minimum absolute atomic E-state index is 0. The highest BCUT2D eigenvalue weighted by molar-refractivity contribution is 5.93. The van der Waals surface area contributed by atoms with Crippen molar-refractivity contribution >= 4 is 24.0 Å². The van der Waals surface area contributed by atoms with Crippen molar-refractivity contribution in [2.45, 2.75) is 59.0 Å². The Kier molecular flexibility index (Phi) is 7.52. The molecule has 4 nitrogen and oxygen atoms in total. The van der Waals surface area contributed by atoms with E-state index in [9.17, 15) is 4.79 Å². The number of carbonyl (C=O) groups is 1. The van der Waals surface area contributed by atoms with Crippen molar-refractivity contribution < 1.29 is 4.79 Å². The summed E-state index contributed by atoms with van der Waals surface area (Å²) in [5.74, 6) is 0.0580. The van der Waals surface area contributed by atoms with Crippen LogP contribution in [0.3, 0.4) is 0 Å². The lowest BCUT2D eigenvalue weighted by Crippen LogP contribution is -2.51. The Balaban J connectivity index is 0.00000264. The zero-order valence-electron chi connectivity index (χ0n) is 14.7. The summed E-state index contributed by atoms with van der Waals surface area (Å²) in [7, 11) is 0. The summed E-state index contributed by atoms with van der Waals surface area (Å²) in [6, 6.07) is 4.64. The third-order valence-electron chi connectivity index (χ3n) is 4.56. The van der Waals surface area contributed by atoms with Gasteiger partial charge >= 0.3 is 0 Å². The molecular weight excluding hydrogens is 310 g/mol. The van der Waals surface area contributed by atoms with E-state index in [1.54, 1.807) is 0 Å². The number of benzene rings is 1. The second-order valence-electron chi connectivity index (χ2n) is 6.71. The van der Waals surface area contributed by atoms with Crippen molar-refractivity contribution in [2.24, 2.45) is 5.73 Å². The second-order valence-corrected chi connectivity index (χ2v) is 6.71. The lowest BCUT2D eigenvalue weighted by atomic mass is 9.97. The molecule has 0 radical (unpaired) electrons. The van der Waals surface area contributed by atoms with Crippen LogP contribution in [0.4, 0.5) is 5.69 Å². The highest BCUT2D eigenvalue weighted by atomic mass is 35.5. The van der Waals surface area contributed by atoms with Gasteiger partial charge < -0.3 is 11.1 Å². The Bertz CT molecular complexity index is 522. The molecule has 0 spiro atoms. The SMILES string of the molecule is Cc1cc(C)c(NC(=O)CN2CCCCC2C(C)N)c(C)c1.Cl. The van der Waals surface area contributed by atoms with Crippen molar-refractivity contribution in [1.82, 2.24) is 4.90 Å². The number of likely N-dealkylation sites (tertiary alicyclic amines) is 1. The predicted molar refractivity (Wildman–Crippen MR) is 99.4 cm³/mol. The van der Waals surface area contributed by atoms with Crippen molar-refractivity contribution in [1.29, 1.82) is 0 Å². The molecule has 0 aliphatic carbocycles. The van der Waals surface area contributed by atoms with E-state index in [1.165, 1.54) is 12.0 Å². The van der Waals surface area contributed by atoms with Crippen LogP contribution in [-0.2, 0) is 4.79 Å². The summed E-state index contributed by atoms with van der Waals surface area (Å²) in [6.07, 6.45) is 3.45. The van der Waals surface area contributed by atoms with Crippen LogP contribution in [0, 0.1) is 20.8 Å². The summed E-state index contributed by atoms with van der Waals surface area (Å²) < 4.78 is 0. The van der Waals surface area contributed by atoms with Gasteiger partial charge in [0.2, 0.25) is 5.91 Å². The zero-order valence-corrected chi connectivity index (χ0v) is 15.5. The minimum atomic E-state index is 0. The number of hydrogen-bond acceptors (Lipinski definition) is 3. The Morgan fingerprint density at radius 3 is 2.48 bits per heavy atom. The van der Waals surface area contributed by atoms with Gasteiger partial charge in [-0.15, -0.1) is 12.4 Å². The van der Waals surface area contributed by atoms with Crippen LogP contribution in [0.1, 0.15) is 42.9 Å². The van der Waals surface area contributed by atoms with Crippen LogP contribution in [0.15, 0.2) is 12.1 Å². The van der Waals surface area contributed by atoms with Gasteiger partial charge in [-0.25, -0.2) is 0 Å². The smallest absolute Gasteiger partial charge is 0.238 e. The van der Waals surface area contributed by atoms with E-state index in [1.807, 2.05) is 20.8 Å². The van der Waals surface area contributed by atoms with Gasteiger partial charge in [0.15, 0.2) is 0 Å². The van der Waals surface area contributed by atoms with Gasteiger partial charge in [0.25, 0.3) is 0 Å². The molecule has 0 aromatic heterocycles. The molecule has 1 saturated heterocycles. The molecule has 1 fully saturated rings. The van der Waals surface area contributed by atoms with Crippen LogP contribution in [0.25, 0.3) is 0 Å². The molecule has 2 rings (SSSR count). The van der Waals surface area contributed by atoms with Crippen LogP contribution >= 0.6 is 12.4 Å². The summed E-state index contributed by atoms with van der Waals surface area (Å²) in [4.78, 5) is 14.7. The molecular formula is C18H30ClN3O. The van der Waals surface area contributed by atoms with Gasteiger partial charge in [0.1, 0.15) is 0 Å². The number of aryl methyl sites for hydroxylation is 3. The molecule has 1 aromatic rings. The van der Waals surface area contributed by atoms with Gasteiger partial charge in [0, 0.05) is 17.8 Å². The van der Waals surface area contributed by atoms with Gasteiger partial charge in [-0.2, -0.15) is 0 Å². The van der Waals surface area contributed by atoms with Gasteiger partial charge in [0.05, 0.1) is 6.54 Å². The van der Waals surface area contributed by atoms with E-state index in [-0.39, 0.29) is 24.4 Å². The lowest BCUT2D eigenvalue weighted by Gasteiger charge is -2.37. The normalized spacial score (nSPS) is 19.8. The number of rotatable bonds is 4. The fraction of sp³-hybridized carbons (Fsp3) is 0.611. The molecule has 3 N–H and O–H groups in total. The van der Waals surface area contributed by atoms with E-state index < -0.39 is 0 Å². The number of anilines is 1. The van der Waals surface area contributed by atoms with Crippen LogP contribution < -0.4 is 11.1 Å². The molecule has 1 heterocycles. The average molecular weight is 340 g/mol. The van der Waals surface area contributed by atoms with Gasteiger partial charge in [-0.1, -0.05) is 24.1 Å². The summed E-state index contributed by atoms with van der Waals surface area (Å²) >= 11 is 0. The first-order valence-electron chi connectivity index (χ1n) is 8.26. The number of nitrogens with two attached hydrogens (primary N) is 1. The molecule has 2 atom stereocenters. The van der Waals surface area contributed by atoms with Crippen molar-refractivity contribution in [2.75, 3.05) is 18.4 Å². The third kappa shape index (κ3) is 5.20. The number of hydrogen-bond donors (Lipinski definition) is 2. The fourth-order valence-corrected chi connectivity index (χ4v) is 3.55. The summed E-state index contributed by atoms with van der Waals surface area (Å²) in [5.41, 5.74) is 10.5. The van der Waals surface area contributed by atoms with Crippen molar-refractivity contribution in [3.8, 4) is 0 Å². The molecule has 5 heteroatoms. The molecule has 23 heavy (non-hydrogen) atoms. The molecule has 1 amide bonds. The van der Waals surface area contributed by atoms with E-state index in [2.05, 4.69) is 29.3 Å². The highest BCUT2D eigenvalue weighted by Crippen LogP contribution is 2.23. The molecule has 130 valence electrons. The van der Waals surface area contributed by atoms with E-state index in [0.29, 0.717) is 12.6 Å². The van der Waals surface area contributed by atoms with Crippen molar-refractivity contribution in [3.05, 3.63) is 28.8 Å². The number of nitrogens with one attached hydrogen (secondary N) is 1. The number of amides is 1. The van der Waals surface area contributed by atoms with E-state index >= 15 is 0 Å². The Hall–Kier alpha value is -1.10. The Morgan fingerprint density at radius 1 is 1.30 bits per heavy atom. The van der Waals surface area contributed by atoms with Crippen LogP contribution in [0.5, 0.6) is 0 Å². The first-order valence-corrected chi connectivity index (χ1v) is 8.26. The zero-order chi connectivity index (χ0) is 16.3. The van der Waals surface area contributed by atoms with Gasteiger partial charge in [-0.05, 0) is 58.2 Å². The number of piperidine rings is 1. The lowest BCUT2D eigenvalue weighted by molar-refractivity contribution is -0.118. The molecule has 1 aliphatic heterocycles. The maximum absolute atomic E-state index is 12.4. The topological polar surface area (TPSA) is 58.4 Å². The first kappa shape index (κ1) is 19.9. The first-order chi connectivity index (χ1) is 10.4. The predicted octanol–water partition coefficient (Wildman–Crippen LogP) is 3.17. The fourth-order valence-electron chi connectivity index (χ4n) is 3.55. The van der Waals surface area contributed by atoms with Crippen LogP contribution in [0.2, 0.25) is 0 Å².